The van der Waals surface area contributed by atoms with Crippen molar-refractivity contribution < 1.29 is 14.4 Å². The third-order valence-corrected chi connectivity index (χ3v) is 6.64. The van der Waals surface area contributed by atoms with Gasteiger partial charge in [-0.05, 0) is 6.07 Å². The molecule has 2 fully saturated rings. The molecule has 2 saturated heterocycles. The van der Waals surface area contributed by atoms with Gasteiger partial charge in [0.1, 0.15) is 12.3 Å². The Morgan fingerprint density at radius 1 is 0.939 bits per heavy atom. The zero-order valence-electron chi connectivity index (χ0n) is 18.8. The van der Waals surface area contributed by atoms with Crippen LogP contribution in [0.5, 0.6) is 0 Å². The molecule has 0 radical (unpaired) electrons. The van der Waals surface area contributed by atoms with Gasteiger partial charge in [0, 0.05) is 62.2 Å². The number of hydrogen-bond donors (Lipinski definition) is 0. The number of anilines is 1. The highest BCUT2D eigenvalue weighted by Gasteiger charge is 2.40. The van der Waals surface area contributed by atoms with E-state index in [2.05, 4.69) is 21.7 Å². The zero-order chi connectivity index (χ0) is 22.8. The van der Waals surface area contributed by atoms with Crippen LogP contribution in [-0.2, 0) is 9.47 Å². The zero-order valence-corrected chi connectivity index (χ0v) is 18.8. The number of aliphatic imine (C=N–C) groups is 1. The second-order valence-electron chi connectivity index (χ2n) is 8.54. The molecule has 3 aliphatic heterocycles. The Labute approximate surface area is 193 Å². The van der Waals surface area contributed by atoms with Gasteiger partial charge in [-0.2, -0.15) is 0 Å². The lowest BCUT2D eigenvalue weighted by Gasteiger charge is -2.46. The molecule has 174 valence electrons. The molecule has 5 rings (SSSR count). The summed E-state index contributed by atoms with van der Waals surface area (Å²) in [6, 6.07) is 15.1. The van der Waals surface area contributed by atoms with Crippen molar-refractivity contribution in [2.45, 2.75) is 12.3 Å². The molecule has 0 spiro atoms. The largest absolute Gasteiger partial charge is 0.379 e. The molecule has 2 aromatic rings. The van der Waals surface area contributed by atoms with E-state index in [1.54, 1.807) is 12.1 Å². The van der Waals surface area contributed by atoms with Crippen molar-refractivity contribution in [1.29, 1.82) is 0 Å². The second kappa shape index (κ2) is 9.56. The number of benzene rings is 2. The number of benzodiazepines with no additional fused rings is 1. The lowest BCUT2D eigenvalue weighted by atomic mass is 9.99. The minimum absolute atomic E-state index is 0.0339. The van der Waals surface area contributed by atoms with Crippen LogP contribution in [0.3, 0.4) is 0 Å². The number of nitro benzene ring substituents is 1. The summed E-state index contributed by atoms with van der Waals surface area (Å²) in [5.41, 5.74) is 3.53. The molecule has 3 aliphatic rings. The molecule has 3 heterocycles. The third kappa shape index (κ3) is 4.37. The minimum Gasteiger partial charge on any atom is -0.379 e. The van der Waals surface area contributed by atoms with Crippen LogP contribution in [0.15, 0.2) is 53.5 Å². The van der Waals surface area contributed by atoms with Crippen molar-refractivity contribution in [1.82, 2.24) is 9.80 Å². The predicted molar refractivity (Wildman–Crippen MR) is 126 cm³/mol. The van der Waals surface area contributed by atoms with Crippen molar-refractivity contribution in [3.63, 3.8) is 0 Å². The number of fused-ring (bicyclic) bond motifs is 1. The van der Waals surface area contributed by atoms with Crippen molar-refractivity contribution in [2.75, 3.05) is 64.6 Å². The highest BCUT2D eigenvalue weighted by atomic mass is 16.6. The molecular formula is C24H29N5O4. The van der Waals surface area contributed by atoms with Crippen LogP contribution in [0.25, 0.3) is 0 Å². The van der Waals surface area contributed by atoms with E-state index >= 15 is 0 Å². The topological polar surface area (TPSA) is 83.7 Å². The molecule has 0 amide bonds. The Morgan fingerprint density at radius 2 is 1.58 bits per heavy atom. The van der Waals surface area contributed by atoms with E-state index in [9.17, 15) is 10.1 Å². The Balaban J connectivity index is 1.70. The van der Waals surface area contributed by atoms with Crippen LogP contribution >= 0.6 is 0 Å². The summed E-state index contributed by atoms with van der Waals surface area (Å²) in [6.45, 7) is 5.92. The summed E-state index contributed by atoms with van der Waals surface area (Å²) in [5.74, 6) is 0. The van der Waals surface area contributed by atoms with E-state index < -0.39 is 0 Å². The first kappa shape index (κ1) is 22.0. The highest BCUT2D eigenvalue weighted by Crippen LogP contribution is 2.35. The van der Waals surface area contributed by atoms with Crippen molar-refractivity contribution in [2.24, 2.45) is 4.99 Å². The molecule has 2 aromatic carbocycles. The van der Waals surface area contributed by atoms with Crippen LogP contribution in [-0.4, -0.2) is 92.4 Å². The van der Waals surface area contributed by atoms with Gasteiger partial charge in [-0.25, -0.2) is 0 Å². The van der Waals surface area contributed by atoms with Gasteiger partial charge in [-0.1, -0.05) is 30.3 Å². The maximum atomic E-state index is 11.6. The summed E-state index contributed by atoms with van der Waals surface area (Å²) < 4.78 is 11.3. The lowest BCUT2D eigenvalue weighted by Crippen LogP contribution is -2.62. The fourth-order valence-electron chi connectivity index (χ4n) is 4.96. The van der Waals surface area contributed by atoms with E-state index in [1.165, 1.54) is 0 Å². The average Bonchev–Trinajstić information content (AvgIpc) is 3.00. The molecule has 9 heteroatoms. The van der Waals surface area contributed by atoms with E-state index in [0.717, 1.165) is 48.7 Å². The van der Waals surface area contributed by atoms with Gasteiger partial charge in [0.15, 0.2) is 0 Å². The van der Waals surface area contributed by atoms with Gasteiger partial charge in [-0.15, -0.1) is 0 Å². The van der Waals surface area contributed by atoms with Crippen molar-refractivity contribution >= 4 is 17.1 Å². The average molecular weight is 452 g/mol. The minimum atomic E-state index is -0.341. The number of rotatable bonds is 4. The molecule has 2 unspecified atom stereocenters. The third-order valence-electron chi connectivity index (χ3n) is 6.64. The molecule has 0 aromatic heterocycles. The summed E-state index contributed by atoms with van der Waals surface area (Å²) in [7, 11) is 2.07. The van der Waals surface area contributed by atoms with Crippen LogP contribution in [0, 0.1) is 10.1 Å². The van der Waals surface area contributed by atoms with Gasteiger partial charge in [0.25, 0.3) is 5.69 Å². The van der Waals surface area contributed by atoms with Crippen LogP contribution in [0.1, 0.15) is 11.1 Å². The highest BCUT2D eigenvalue weighted by molar-refractivity contribution is 6.16. The van der Waals surface area contributed by atoms with E-state index in [1.807, 2.05) is 36.4 Å². The van der Waals surface area contributed by atoms with E-state index in [0.29, 0.717) is 26.4 Å². The monoisotopic (exact) mass is 451 g/mol. The number of nitrogens with zero attached hydrogens (tertiary/aromatic N) is 5. The predicted octanol–water partition coefficient (Wildman–Crippen LogP) is 2.20. The molecule has 0 aliphatic carbocycles. The lowest BCUT2D eigenvalue weighted by molar-refractivity contribution is -0.384. The van der Waals surface area contributed by atoms with Crippen LogP contribution < -0.4 is 4.90 Å². The quantitative estimate of drug-likeness (QED) is 0.521. The van der Waals surface area contributed by atoms with E-state index in [4.69, 9.17) is 14.5 Å². The van der Waals surface area contributed by atoms with Crippen LogP contribution in [0.4, 0.5) is 11.4 Å². The molecule has 33 heavy (non-hydrogen) atoms. The van der Waals surface area contributed by atoms with Crippen molar-refractivity contribution in [3.8, 4) is 0 Å². The molecule has 2 atom stereocenters. The Hall–Kier alpha value is -2.85. The molecule has 0 bridgehead atoms. The van der Waals surface area contributed by atoms with Gasteiger partial charge in [0.2, 0.25) is 0 Å². The number of morpholine rings is 2. The fourth-order valence-corrected chi connectivity index (χ4v) is 4.96. The van der Waals surface area contributed by atoms with Gasteiger partial charge in [-0.3, -0.25) is 24.9 Å². The fraction of sp³-hybridized carbons (Fsp3) is 0.458. The normalized spacial score (nSPS) is 24.6. The summed E-state index contributed by atoms with van der Waals surface area (Å²) in [5, 5.41) is 11.6. The Morgan fingerprint density at radius 3 is 2.21 bits per heavy atom. The van der Waals surface area contributed by atoms with Gasteiger partial charge < -0.3 is 14.4 Å². The van der Waals surface area contributed by atoms with Crippen molar-refractivity contribution in [3.05, 3.63) is 69.8 Å². The first-order chi connectivity index (χ1) is 16.1. The maximum absolute atomic E-state index is 11.6. The summed E-state index contributed by atoms with van der Waals surface area (Å²) in [4.78, 5) is 23.7. The second-order valence-corrected chi connectivity index (χ2v) is 8.54. The molecule has 0 saturated carbocycles. The van der Waals surface area contributed by atoms with Crippen LogP contribution in [0.2, 0.25) is 0 Å². The summed E-state index contributed by atoms with van der Waals surface area (Å²) in [6.07, 6.45) is -0.188. The summed E-state index contributed by atoms with van der Waals surface area (Å²) >= 11 is 0. The Kier molecular flexibility index (Phi) is 6.37. The number of hydrogen-bond acceptors (Lipinski definition) is 8. The van der Waals surface area contributed by atoms with E-state index in [-0.39, 0.29) is 22.9 Å². The van der Waals surface area contributed by atoms with Gasteiger partial charge in [0.05, 0.1) is 37.1 Å². The number of nitro groups is 1. The number of likely N-dealkylation sites (N-methyl/N-ethyl adjacent to an activating group) is 1. The smallest absolute Gasteiger partial charge is 0.270 e. The molecule has 0 N–H and O–H groups in total. The Bertz CT molecular complexity index is 1020. The maximum Gasteiger partial charge on any atom is 0.270 e. The number of non-ortho nitro benzene ring substituents is 1. The first-order valence-electron chi connectivity index (χ1n) is 11.4. The number of ether oxygens (including phenoxy) is 2. The van der Waals surface area contributed by atoms with Gasteiger partial charge >= 0.3 is 0 Å². The first-order valence-corrected chi connectivity index (χ1v) is 11.4. The molecular weight excluding hydrogens is 422 g/mol. The standard InChI is InChI=1S/C24H29N5O4/c1-26-21-8-7-19(29(30)31)17-20(21)22(18-5-3-2-4-6-18)25-23(27-9-13-32-14-10-27)24(26)28-11-15-33-16-12-28/h2-8,17,23-24H,9-16H2,1H3. The SMILES string of the molecule is CN1c2ccc([N+](=O)[O-])cc2C(c2ccccc2)=NC(N2CCOCC2)C1N1CCOCC1. The molecule has 9 nitrogen and oxygen atoms in total.